The Bertz CT molecular complexity index is 3150. The van der Waals surface area contributed by atoms with Gasteiger partial charge in [-0.15, -0.1) is 11.8 Å². The molecule has 5 heterocycles. The minimum absolute atomic E-state index is 0.0291. The molecule has 526 valence electrons. The summed E-state index contributed by atoms with van der Waals surface area (Å²) in [5.41, 5.74) is 3.10. The first-order chi connectivity index (χ1) is 46.0. The molecule has 2 aromatic carbocycles. The van der Waals surface area contributed by atoms with Crippen LogP contribution in [0, 0.1) is 6.92 Å². The van der Waals surface area contributed by atoms with Crippen LogP contribution in [0.1, 0.15) is 85.7 Å². The maximum absolute atomic E-state index is 14.2. The number of aromatic nitrogens is 1. The number of amides is 7. The van der Waals surface area contributed by atoms with Crippen LogP contribution in [0.2, 0.25) is 0 Å². The van der Waals surface area contributed by atoms with Crippen molar-refractivity contribution in [2.45, 2.75) is 101 Å². The fourth-order valence-corrected chi connectivity index (χ4v) is 13.4. The summed E-state index contributed by atoms with van der Waals surface area (Å²) in [4.78, 5) is 150. The van der Waals surface area contributed by atoms with Gasteiger partial charge in [-0.2, -0.15) is 0 Å². The Morgan fingerprint density at radius 3 is 1.97 bits per heavy atom. The minimum atomic E-state index is -3.06. The second-order valence-corrected chi connectivity index (χ2v) is 26.2. The molecule has 0 spiro atoms. The van der Waals surface area contributed by atoms with E-state index in [2.05, 4.69) is 55.1 Å². The summed E-state index contributed by atoms with van der Waals surface area (Å²) in [5.74, 6) is -8.42. The van der Waals surface area contributed by atoms with E-state index in [4.69, 9.17) is 4.74 Å². The number of aliphatic carboxylic acids is 3. The molecule has 6 N–H and O–H groups in total. The molecule has 0 aliphatic carbocycles. The Morgan fingerprint density at radius 1 is 0.719 bits per heavy atom. The zero-order valence-corrected chi connectivity index (χ0v) is 55.8. The normalized spacial score (nSPS) is 19.3. The number of carbonyl (C=O) groups excluding carboxylic acids is 7. The molecule has 0 bridgehead atoms. The molecule has 27 nitrogen and oxygen atoms in total. The van der Waals surface area contributed by atoms with E-state index < -0.39 is 90.8 Å². The van der Waals surface area contributed by atoms with Crippen molar-refractivity contribution in [3.63, 3.8) is 0 Å². The molecule has 2 unspecified atom stereocenters. The molecule has 3 atom stereocenters. The number of alkyl halides is 2. The number of rotatable bonds is 34. The number of hydrogen-bond acceptors (Lipinski definition) is 19. The van der Waals surface area contributed by atoms with Crippen LogP contribution in [0.15, 0.2) is 59.7 Å². The number of ether oxygens (including phenoxy) is 1. The number of aryl methyl sites for hydroxylation is 2. The third-order valence-corrected chi connectivity index (χ3v) is 18.8. The summed E-state index contributed by atoms with van der Waals surface area (Å²) >= 11 is 1.24. The van der Waals surface area contributed by atoms with Crippen molar-refractivity contribution < 1.29 is 76.8 Å². The van der Waals surface area contributed by atoms with Gasteiger partial charge in [0.25, 0.3) is 11.8 Å². The Balaban J connectivity index is 0.863. The van der Waals surface area contributed by atoms with Crippen LogP contribution in [0.4, 0.5) is 8.78 Å². The van der Waals surface area contributed by atoms with Crippen LogP contribution in [0.25, 0.3) is 10.9 Å². The van der Waals surface area contributed by atoms with E-state index in [-0.39, 0.29) is 114 Å². The van der Waals surface area contributed by atoms with Crippen molar-refractivity contribution >= 4 is 88.1 Å². The van der Waals surface area contributed by atoms with Gasteiger partial charge in [-0.1, -0.05) is 42.7 Å². The van der Waals surface area contributed by atoms with Gasteiger partial charge < -0.3 is 45.8 Å². The number of nitrogens with zero attached hydrogens (tertiary/aromatic N) is 10. The molecule has 4 saturated heterocycles. The van der Waals surface area contributed by atoms with E-state index in [9.17, 15) is 72.0 Å². The maximum atomic E-state index is 14.2. The van der Waals surface area contributed by atoms with E-state index in [1.165, 1.54) is 48.4 Å². The van der Waals surface area contributed by atoms with Gasteiger partial charge >= 0.3 is 17.9 Å². The van der Waals surface area contributed by atoms with Gasteiger partial charge in [0.15, 0.2) is 0 Å². The number of likely N-dealkylation sites (tertiary alicyclic amines) is 2. The summed E-state index contributed by atoms with van der Waals surface area (Å²) in [6, 6.07) is 13.6. The average Bonchev–Trinajstić information content (AvgIpc) is 1.23. The number of halogens is 2. The lowest BCUT2D eigenvalue weighted by atomic mass is 10.1. The van der Waals surface area contributed by atoms with E-state index in [0.717, 1.165) is 42.0 Å². The summed E-state index contributed by atoms with van der Waals surface area (Å²) in [6.07, 6.45) is 8.05. The monoisotopic (exact) mass is 1360 g/mol. The lowest BCUT2D eigenvalue weighted by molar-refractivity contribution is -0.146. The number of nitrogens with one attached hydrogen (secondary N) is 3. The molecule has 4 fully saturated rings. The zero-order valence-electron chi connectivity index (χ0n) is 55.0. The van der Waals surface area contributed by atoms with E-state index >= 15 is 0 Å². The third kappa shape index (κ3) is 25.3. The highest BCUT2D eigenvalue weighted by atomic mass is 32.2. The number of thioether (sulfide) groups is 1. The maximum Gasteiger partial charge on any atom is 0.317 e. The number of carbonyl (C=O) groups is 10. The topological polar surface area (TPSA) is 328 Å². The molecule has 0 saturated carbocycles. The number of unbranched alkanes of at least 4 members (excludes halogenated alkanes) is 3. The highest BCUT2D eigenvalue weighted by molar-refractivity contribution is 8.00. The summed E-state index contributed by atoms with van der Waals surface area (Å²) in [6.45, 7) is 4.67. The molecule has 4 aliphatic heterocycles. The number of imide groups is 1. The Morgan fingerprint density at radius 2 is 1.34 bits per heavy atom. The molecule has 7 amide bonds. The predicted molar refractivity (Wildman–Crippen MR) is 355 cm³/mol. The fourth-order valence-electron chi connectivity index (χ4n) is 12.1. The number of carboxylic acid groups (broad SMARTS) is 3. The molecule has 30 heteroatoms. The molecule has 96 heavy (non-hydrogen) atoms. The van der Waals surface area contributed by atoms with Crippen LogP contribution in [-0.2, 0) is 49.6 Å². The highest BCUT2D eigenvalue weighted by Crippen LogP contribution is 2.32. The van der Waals surface area contributed by atoms with Gasteiger partial charge in [0.05, 0.1) is 68.2 Å². The van der Waals surface area contributed by atoms with Crippen molar-refractivity contribution in [2.24, 2.45) is 4.99 Å². The van der Waals surface area contributed by atoms with Crippen LogP contribution in [-0.4, -0.2) is 305 Å². The van der Waals surface area contributed by atoms with E-state index in [0.29, 0.717) is 88.1 Å². The Labute approximate surface area is 562 Å². The van der Waals surface area contributed by atoms with Crippen molar-refractivity contribution in [1.82, 2.24) is 60.1 Å². The highest BCUT2D eigenvalue weighted by Gasteiger charge is 2.46. The smallest absolute Gasteiger partial charge is 0.317 e. The second kappa shape index (κ2) is 38.2. The standard InChI is InChI=1S/C66H93F2N13O14S/c1-47-12-14-48(15-13-47)9-8-11-56(82)71-19-5-3-4-10-49(73-57(83)40-75-22-24-76(42-61(87)88)26-28-78(44-63(91)92)29-27-77(25-23-75)43-62(89)90)45-96-55-36-58(84)80(65(55)94)41-60(86)79-32-30-74(31-33-79)21-6-7-34-95-51-16-17-54-53(35-51)52(18-20-70-54)64(93)72-39-59(85)81-46-66(67,68)37-50(81)38-69-2/h12-18,20,35,38,49-50,55H,3-11,19,21-34,36-37,39-46H2,1-2H3,(H,71,82)(H,72,93)(H,73,83)(H,87,88)(H,89,90)(H,91,92)/b69-38+/t49?,50-,55?/m1/s1. The molecule has 4 aliphatic rings. The summed E-state index contributed by atoms with van der Waals surface area (Å²) < 4.78 is 34.4. The first kappa shape index (κ1) is 75.6. The molecular formula is C66H93F2N13O14S. The van der Waals surface area contributed by atoms with Crippen molar-refractivity contribution in [1.29, 1.82) is 0 Å². The number of hydrogen-bond donors (Lipinski definition) is 6. The number of pyridine rings is 1. The lowest BCUT2D eigenvalue weighted by Gasteiger charge is -2.35. The van der Waals surface area contributed by atoms with Gasteiger partial charge in [-0.25, -0.2) is 8.78 Å². The van der Waals surface area contributed by atoms with Crippen LogP contribution >= 0.6 is 11.8 Å². The number of benzene rings is 2. The zero-order chi connectivity index (χ0) is 69.2. The number of fused-ring (bicyclic) bond motifs is 1. The van der Waals surface area contributed by atoms with Gasteiger partial charge in [0.2, 0.25) is 35.4 Å². The van der Waals surface area contributed by atoms with E-state index in [1.54, 1.807) is 37.8 Å². The molecular weight excluding hydrogens is 1270 g/mol. The molecule has 1 aromatic heterocycles. The summed E-state index contributed by atoms with van der Waals surface area (Å²) in [7, 11) is 1.44. The van der Waals surface area contributed by atoms with Crippen molar-refractivity contribution in [2.75, 3.05) is 157 Å². The van der Waals surface area contributed by atoms with Crippen LogP contribution in [0.3, 0.4) is 0 Å². The van der Waals surface area contributed by atoms with Crippen molar-refractivity contribution in [3.8, 4) is 5.75 Å². The van der Waals surface area contributed by atoms with Crippen LogP contribution < -0.4 is 20.7 Å². The molecule has 0 radical (unpaired) electrons. The second-order valence-electron chi connectivity index (χ2n) is 25.0. The first-order valence-corrected chi connectivity index (χ1v) is 34.1. The van der Waals surface area contributed by atoms with Gasteiger partial charge in [-0.3, -0.25) is 87.3 Å². The van der Waals surface area contributed by atoms with Gasteiger partial charge in [0, 0.05) is 141 Å². The fraction of sp³-hybridized carbons (Fsp3) is 0.606. The largest absolute Gasteiger partial charge is 0.494 e. The first-order valence-electron chi connectivity index (χ1n) is 33.0. The predicted octanol–water partition coefficient (Wildman–Crippen LogP) is 2.03. The number of carboxylic acids is 3. The number of piperazine rings is 1. The Hall–Kier alpha value is -7.77. The van der Waals surface area contributed by atoms with E-state index in [1.807, 2.05) is 11.8 Å². The molecule has 7 rings (SSSR count). The average molecular weight is 1360 g/mol. The molecule has 3 aromatic rings. The summed E-state index contributed by atoms with van der Waals surface area (Å²) in [5, 5.41) is 37.4. The number of aliphatic imine (C=N–C) groups is 1. The lowest BCUT2D eigenvalue weighted by Crippen LogP contribution is -2.52. The quantitative estimate of drug-likeness (QED) is 0.0283. The van der Waals surface area contributed by atoms with Crippen molar-refractivity contribution in [3.05, 3.63) is 71.4 Å². The minimum Gasteiger partial charge on any atom is -0.494 e. The third-order valence-electron chi connectivity index (χ3n) is 17.4. The van der Waals surface area contributed by atoms with Crippen LogP contribution in [0.5, 0.6) is 5.75 Å². The van der Waals surface area contributed by atoms with Gasteiger partial charge in [0.1, 0.15) is 12.3 Å². The Kier molecular flexibility index (Phi) is 30.1. The van der Waals surface area contributed by atoms with Gasteiger partial charge in [-0.05, 0) is 81.8 Å². The SMILES string of the molecule is C/N=C/[C@H]1CC(F)(F)CN1C(=O)CNC(=O)c1ccnc2ccc(OCCCCN3CCN(C(=O)CN4C(=O)CC(SCC(CCCCCNC(=O)CCCc5ccc(C)cc5)NC(=O)CN5CCN(CC(=O)O)CCN(CC(=O)O)CCN(CC(=O)O)CC5)C4=O)CC3)cc12.